The Morgan fingerprint density at radius 3 is 2.50 bits per heavy atom. The lowest BCUT2D eigenvalue weighted by atomic mass is 9.96. The minimum atomic E-state index is -0.275. The third-order valence-corrected chi connectivity index (χ3v) is 8.24. The van der Waals surface area contributed by atoms with E-state index in [-0.39, 0.29) is 12.0 Å². The molecule has 38 heavy (non-hydrogen) atoms. The van der Waals surface area contributed by atoms with Crippen LogP contribution in [0, 0.1) is 5.92 Å². The van der Waals surface area contributed by atoms with Gasteiger partial charge in [0.15, 0.2) is 0 Å². The molecule has 8 heteroatoms. The Balaban J connectivity index is 1.10. The Kier molecular flexibility index (Phi) is 8.91. The summed E-state index contributed by atoms with van der Waals surface area (Å²) >= 11 is 0. The van der Waals surface area contributed by atoms with Crippen LogP contribution < -0.4 is 10.4 Å². The molecule has 1 aliphatic heterocycles. The van der Waals surface area contributed by atoms with E-state index >= 15 is 0 Å². The monoisotopic (exact) mass is 518 g/mol. The van der Waals surface area contributed by atoms with Gasteiger partial charge in [-0.15, -0.1) is 0 Å². The van der Waals surface area contributed by atoms with E-state index in [0.29, 0.717) is 17.4 Å². The van der Waals surface area contributed by atoms with Crippen LogP contribution in [0.25, 0.3) is 10.9 Å². The van der Waals surface area contributed by atoms with Crippen molar-refractivity contribution in [1.82, 2.24) is 24.9 Å². The number of nitrogens with zero attached hydrogens (tertiary/aromatic N) is 5. The predicted molar refractivity (Wildman–Crippen MR) is 151 cm³/mol. The van der Waals surface area contributed by atoms with Crippen molar-refractivity contribution in [2.75, 3.05) is 31.1 Å². The molecule has 2 aromatic heterocycles. The number of hydrogen-bond acceptors (Lipinski definition) is 6. The molecule has 0 atom stereocenters. The smallest absolute Gasteiger partial charge is 0.277 e. The van der Waals surface area contributed by atoms with Crippen molar-refractivity contribution in [2.45, 2.75) is 78.0 Å². The zero-order chi connectivity index (χ0) is 26.3. The van der Waals surface area contributed by atoms with Gasteiger partial charge in [-0.05, 0) is 56.7 Å². The number of amides is 1. The molecule has 0 radical (unpaired) electrons. The third-order valence-electron chi connectivity index (χ3n) is 8.24. The van der Waals surface area contributed by atoms with Crippen LogP contribution in [-0.4, -0.2) is 57.6 Å². The second kappa shape index (κ2) is 12.7. The summed E-state index contributed by atoms with van der Waals surface area (Å²) in [5.74, 6) is 1.09. The van der Waals surface area contributed by atoms with E-state index < -0.39 is 0 Å². The highest BCUT2D eigenvalue weighted by Crippen LogP contribution is 2.26. The van der Waals surface area contributed by atoms with E-state index in [0.717, 1.165) is 77.8 Å². The molecule has 1 saturated heterocycles. The Bertz CT molecular complexity index is 1180. The molecule has 0 bridgehead atoms. The van der Waals surface area contributed by atoms with E-state index in [1.54, 1.807) is 12.4 Å². The van der Waals surface area contributed by atoms with Gasteiger partial charge in [0.25, 0.3) is 5.91 Å². The van der Waals surface area contributed by atoms with Crippen molar-refractivity contribution in [3.63, 3.8) is 0 Å². The molecule has 3 heterocycles. The maximum Gasteiger partial charge on any atom is 0.277 e. The SMILES string of the molecule is CCN(Cc1cn(CC)c2ccccc12)CC1CCN(c2ncc(C(=O)NOC3CCCCC3)cn2)CC1. The number of aromatic nitrogens is 3. The van der Waals surface area contributed by atoms with Crippen LogP contribution in [-0.2, 0) is 17.9 Å². The van der Waals surface area contributed by atoms with Gasteiger partial charge < -0.3 is 9.47 Å². The second-order valence-electron chi connectivity index (χ2n) is 10.8. The molecule has 1 saturated carbocycles. The summed E-state index contributed by atoms with van der Waals surface area (Å²) in [5, 5.41) is 1.37. The van der Waals surface area contributed by atoms with Crippen LogP contribution in [0.2, 0.25) is 0 Å². The standard InChI is InChI=1S/C30H42N6O2/c1-3-34(21-25-22-35(4-2)28-13-9-8-12-27(25)28)20-23-14-16-36(17-15-23)30-31-18-24(19-32-30)29(37)33-38-26-10-6-5-7-11-26/h8-9,12-13,18-19,22-23,26H,3-7,10-11,14-17,20-21H2,1-2H3,(H,33,37). The Morgan fingerprint density at radius 1 is 1.05 bits per heavy atom. The lowest BCUT2D eigenvalue weighted by Crippen LogP contribution is -2.39. The van der Waals surface area contributed by atoms with Gasteiger partial charge in [-0.3, -0.25) is 14.5 Å². The number of rotatable bonds is 10. The number of para-hydroxylation sites is 1. The number of aryl methyl sites for hydroxylation is 1. The molecule has 3 aromatic rings. The van der Waals surface area contributed by atoms with Crippen molar-refractivity contribution in [3.8, 4) is 0 Å². The summed E-state index contributed by atoms with van der Waals surface area (Å²) in [6.45, 7) is 10.5. The second-order valence-corrected chi connectivity index (χ2v) is 10.8. The van der Waals surface area contributed by atoms with Gasteiger partial charge in [0, 0.05) is 62.2 Å². The van der Waals surface area contributed by atoms with Crippen molar-refractivity contribution in [2.24, 2.45) is 5.92 Å². The third kappa shape index (κ3) is 6.35. The molecule has 2 fully saturated rings. The minimum Gasteiger partial charge on any atom is -0.347 e. The predicted octanol–water partition coefficient (Wildman–Crippen LogP) is 5.18. The van der Waals surface area contributed by atoms with Crippen molar-refractivity contribution in [3.05, 3.63) is 54.0 Å². The molecule has 1 N–H and O–H groups in total. The molecule has 1 aromatic carbocycles. The highest BCUT2D eigenvalue weighted by Gasteiger charge is 2.24. The maximum absolute atomic E-state index is 12.4. The average molecular weight is 519 g/mol. The molecule has 0 unspecified atom stereocenters. The number of anilines is 1. The molecule has 204 valence electrons. The van der Waals surface area contributed by atoms with E-state index in [4.69, 9.17) is 4.84 Å². The molecular weight excluding hydrogens is 476 g/mol. The lowest BCUT2D eigenvalue weighted by molar-refractivity contribution is -0.0312. The van der Waals surface area contributed by atoms with Crippen molar-refractivity contribution < 1.29 is 9.63 Å². The molecule has 1 amide bonds. The van der Waals surface area contributed by atoms with Gasteiger partial charge >= 0.3 is 0 Å². The quantitative estimate of drug-likeness (QED) is 0.373. The van der Waals surface area contributed by atoms with Gasteiger partial charge in [0.05, 0.1) is 11.7 Å². The van der Waals surface area contributed by atoms with Crippen LogP contribution in [0.1, 0.15) is 74.7 Å². The maximum atomic E-state index is 12.4. The van der Waals surface area contributed by atoms with Crippen LogP contribution in [0.3, 0.4) is 0 Å². The average Bonchev–Trinajstić information content (AvgIpc) is 3.34. The van der Waals surface area contributed by atoms with Crippen LogP contribution in [0.15, 0.2) is 42.9 Å². The van der Waals surface area contributed by atoms with Crippen LogP contribution in [0.5, 0.6) is 0 Å². The van der Waals surface area contributed by atoms with E-state index in [2.05, 4.69) is 74.1 Å². The Labute approximate surface area is 226 Å². The molecule has 1 aliphatic carbocycles. The van der Waals surface area contributed by atoms with Crippen molar-refractivity contribution in [1.29, 1.82) is 0 Å². The van der Waals surface area contributed by atoms with E-state index in [9.17, 15) is 4.79 Å². The van der Waals surface area contributed by atoms with Gasteiger partial charge in [-0.2, -0.15) is 0 Å². The number of fused-ring (bicyclic) bond motifs is 1. The number of piperidine rings is 1. The van der Waals surface area contributed by atoms with Crippen LogP contribution >= 0.6 is 0 Å². The molecule has 5 rings (SSSR count). The number of hydroxylamine groups is 1. The summed E-state index contributed by atoms with van der Waals surface area (Å²) in [6, 6.07) is 8.74. The fourth-order valence-corrected chi connectivity index (χ4v) is 5.92. The molecule has 0 spiro atoms. The summed E-state index contributed by atoms with van der Waals surface area (Å²) < 4.78 is 2.36. The fraction of sp³-hybridized carbons (Fsp3) is 0.567. The van der Waals surface area contributed by atoms with Crippen molar-refractivity contribution >= 4 is 22.8 Å². The number of hydrogen-bond donors (Lipinski definition) is 1. The first kappa shape index (κ1) is 26.6. The zero-order valence-corrected chi connectivity index (χ0v) is 22.9. The highest BCUT2D eigenvalue weighted by atomic mass is 16.7. The van der Waals surface area contributed by atoms with Gasteiger partial charge in [0.2, 0.25) is 5.95 Å². The minimum absolute atomic E-state index is 0.120. The van der Waals surface area contributed by atoms with Gasteiger partial charge in [-0.25, -0.2) is 15.4 Å². The molecule has 8 nitrogen and oxygen atoms in total. The highest BCUT2D eigenvalue weighted by molar-refractivity contribution is 5.92. The number of benzene rings is 1. The largest absolute Gasteiger partial charge is 0.347 e. The first-order valence-corrected chi connectivity index (χ1v) is 14.5. The summed E-state index contributed by atoms with van der Waals surface area (Å²) in [5.41, 5.74) is 5.77. The molecular formula is C30H42N6O2. The summed E-state index contributed by atoms with van der Waals surface area (Å²) in [4.78, 5) is 31.9. The number of carbonyl (C=O) groups excluding carboxylic acids is 1. The van der Waals surface area contributed by atoms with Gasteiger partial charge in [0.1, 0.15) is 0 Å². The first-order chi connectivity index (χ1) is 18.6. The Hall–Kier alpha value is -2.97. The number of nitrogens with one attached hydrogen (secondary N) is 1. The topological polar surface area (TPSA) is 75.5 Å². The molecule has 2 aliphatic rings. The Morgan fingerprint density at radius 2 is 1.79 bits per heavy atom. The van der Waals surface area contributed by atoms with E-state index in [1.165, 1.54) is 22.9 Å². The fourth-order valence-electron chi connectivity index (χ4n) is 5.92. The number of carbonyl (C=O) groups is 1. The zero-order valence-electron chi connectivity index (χ0n) is 22.9. The first-order valence-electron chi connectivity index (χ1n) is 14.5. The normalized spacial score (nSPS) is 17.4. The summed E-state index contributed by atoms with van der Waals surface area (Å²) in [7, 11) is 0. The van der Waals surface area contributed by atoms with E-state index in [1.807, 2.05) is 0 Å². The van der Waals surface area contributed by atoms with Crippen LogP contribution in [0.4, 0.5) is 5.95 Å². The lowest BCUT2D eigenvalue weighted by Gasteiger charge is -2.34. The van der Waals surface area contributed by atoms with Gasteiger partial charge in [-0.1, -0.05) is 44.4 Å². The summed E-state index contributed by atoms with van der Waals surface area (Å²) in [6.07, 6.45) is 13.5.